The normalized spacial score (nSPS) is 28.3. The Morgan fingerprint density at radius 2 is 2.56 bits per heavy atom. The van der Waals surface area contributed by atoms with Gasteiger partial charge >= 0.3 is 0 Å². The maximum atomic E-state index is 4.95. The first-order valence-corrected chi connectivity index (χ1v) is 4.48. The highest BCUT2D eigenvalue weighted by molar-refractivity contribution is 7.99. The van der Waals surface area contributed by atoms with Gasteiger partial charge in [-0.2, -0.15) is 11.8 Å². The molecule has 0 radical (unpaired) electrons. The van der Waals surface area contributed by atoms with Gasteiger partial charge in [-0.05, 0) is 30.3 Å². The van der Waals surface area contributed by atoms with Gasteiger partial charge in [-0.15, -0.1) is 0 Å². The maximum Gasteiger partial charge on any atom is 0.0715 e. The SMILES string of the molecule is NOCC1CCCSC1. The number of rotatable bonds is 2. The van der Waals surface area contributed by atoms with Gasteiger partial charge in [0, 0.05) is 0 Å². The first-order valence-electron chi connectivity index (χ1n) is 3.33. The minimum Gasteiger partial charge on any atom is -0.304 e. The molecule has 0 amide bonds. The standard InChI is InChI=1S/C6H13NOS/c7-8-4-6-2-1-3-9-5-6/h6H,1-5,7H2. The molecule has 0 aliphatic carbocycles. The molecule has 1 rings (SSSR count). The summed E-state index contributed by atoms with van der Waals surface area (Å²) in [4.78, 5) is 4.57. The minimum atomic E-state index is 0.716. The first kappa shape index (κ1) is 7.38. The fourth-order valence-electron chi connectivity index (χ4n) is 1.07. The van der Waals surface area contributed by atoms with E-state index in [2.05, 4.69) is 4.84 Å². The Labute approximate surface area is 60.1 Å². The smallest absolute Gasteiger partial charge is 0.0715 e. The molecule has 1 saturated heterocycles. The summed E-state index contributed by atoms with van der Waals surface area (Å²) in [7, 11) is 0. The van der Waals surface area contributed by atoms with Crippen LogP contribution >= 0.6 is 11.8 Å². The van der Waals surface area contributed by atoms with E-state index in [9.17, 15) is 0 Å². The predicted molar refractivity (Wildman–Crippen MR) is 40.2 cm³/mol. The van der Waals surface area contributed by atoms with Crippen LogP contribution in [0.4, 0.5) is 0 Å². The van der Waals surface area contributed by atoms with Crippen LogP contribution in [0, 0.1) is 5.92 Å². The summed E-state index contributed by atoms with van der Waals surface area (Å²) in [5.74, 6) is 8.22. The molecule has 3 heteroatoms. The van der Waals surface area contributed by atoms with Gasteiger partial charge in [-0.3, -0.25) is 0 Å². The van der Waals surface area contributed by atoms with Crippen LogP contribution in [0.15, 0.2) is 0 Å². The molecule has 2 N–H and O–H groups in total. The van der Waals surface area contributed by atoms with Crippen LogP contribution in [0.1, 0.15) is 12.8 Å². The van der Waals surface area contributed by atoms with Gasteiger partial charge in [0.05, 0.1) is 6.61 Å². The molecule has 1 fully saturated rings. The van der Waals surface area contributed by atoms with Crippen molar-refractivity contribution in [2.45, 2.75) is 12.8 Å². The average Bonchev–Trinajstić information content (AvgIpc) is 1.91. The predicted octanol–water partition coefficient (Wildman–Crippen LogP) is 1.02. The zero-order chi connectivity index (χ0) is 6.53. The molecule has 1 aliphatic rings. The van der Waals surface area contributed by atoms with Crippen molar-refractivity contribution < 1.29 is 4.84 Å². The fraction of sp³-hybridized carbons (Fsp3) is 1.00. The van der Waals surface area contributed by atoms with E-state index in [1.807, 2.05) is 11.8 Å². The Balaban J connectivity index is 2.08. The average molecular weight is 147 g/mol. The monoisotopic (exact) mass is 147 g/mol. The van der Waals surface area contributed by atoms with E-state index < -0.39 is 0 Å². The molecule has 1 aliphatic heterocycles. The van der Waals surface area contributed by atoms with Gasteiger partial charge in [0.2, 0.25) is 0 Å². The topological polar surface area (TPSA) is 35.2 Å². The van der Waals surface area contributed by atoms with Crippen LogP contribution < -0.4 is 5.90 Å². The quantitative estimate of drug-likeness (QED) is 0.592. The van der Waals surface area contributed by atoms with Gasteiger partial charge < -0.3 is 4.84 Å². The molecule has 0 bridgehead atoms. The minimum absolute atomic E-state index is 0.716. The van der Waals surface area contributed by atoms with Gasteiger partial charge in [0.1, 0.15) is 0 Å². The van der Waals surface area contributed by atoms with E-state index >= 15 is 0 Å². The van der Waals surface area contributed by atoms with Gasteiger partial charge in [-0.1, -0.05) is 0 Å². The summed E-state index contributed by atoms with van der Waals surface area (Å²) in [6.45, 7) is 0.743. The van der Waals surface area contributed by atoms with Crippen molar-refractivity contribution in [2.75, 3.05) is 18.1 Å². The Kier molecular flexibility index (Phi) is 3.40. The molecule has 1 unspecified atom stereocenters. The molecule has 1 atom stereocenters. The summed E-state index contributed by atoms with van der Waals surface area (Å²) in [5.41, 5.74) is 0. The second kappa shape index (κ2) is 4.14. The largest absolute Gasteiger partial charge is 0.304 e. The lowest BCUT2D eigenvalue weighted by Gasteiger charge is -2.19. The van der Waals surface area contributed by atoms with Gasteiger partial charge in [-0.25, -0.2) is 5.90 Å². The number of hydrogen-bond acceptors (Lipinski definition) is 3. The van der Waals surface area contributed by atoms with E-state index in [0.717, 1.165) is 6.61 Å². The third-order valence-corrected chi connectivity index (χ3v) is 2.87. The van der Waals surface area contributed by atoms with E-state index in [1.165, 1.54) is 24.3 Å². The fourth-order valence-corrected chi connectivity index (χ4v) is 2.21. The van der Waals surface area contributed by atoms with Crippen LogP contribution in [0.25, 0.3) is 0 Å². The molecule has 9 heavy (non-hydrogen) atoms. The highest BCUT2D eigenvalue weighted by Gasteiger charge is 2.12. The van der Waals surface area contributed by atoms with Crippen molar-refractivity contribution in [1.82, 2.24) is 0 Å². The van der Waals surface area contributed by atoms with Crippen LogP contribution in [0.3, 0.4) is 0 Å². The molecular weight excluding hydrogens is 134 g/mol. The summed E-state index contributed by atoms with van der Waals surface area (Å²) in [6.07, 6.45) is 2.63. The van der Waals surface area contributed by atoms with Crippen LogP contribution in [-0.4, -0.2) is 18.1 Å². The Hall–Kier alpha value is 0.270. The molecule has 54 valence electrons. The molecular formula is C6H13NOS. The highest BCUT2D eigenvalue weighted by Crippen LogP contribution is 2.21. The van der Waals surface area contributed by atoms with Crippen molar-refractivity contribution in [3.8, 4) is 0 Å². The zero-order valence-electron chi connectivity index (χ0n) is 5.51. The molecule has 0 aromatic heterocycles. The van der Waals surface area contributed by atoms with E-state index in [1.54, 1.807) is 0 Å². The van der Waals surface area contributed by atoms with Gasteiger partial charge in [0.25, 0.3) is 0 Å². The summed E-state index contributed by atoms with van der Waals surface area (Å²) in [5, 5.41) is 0. The summed E-state index contributed by atoms with van der Waals surface area (Å²) >= 11 is 2.01. The van der Waals surface area contributed by atoms with Gasteiger partial charge in [0.15, 0.2) is 0 Å². The van der Waals surface area contributed by atoms with Crippen LogP contribution in [0.5, 0.6) is 0 Å². The lowest BCUT2D eigenvalue weighted by Crippen LogP contribution is -2.18. The second-order valence-electron chi connectivity index (χ2n) is 2.42. The Morgan fingerprint density at radius 3 is 3.11 bits per heavy atom. The second-order valence-corrected chi connectivity index (χ2v) is 3.57. The van der Waals surface area contributed by atoms with Crippen molar-refractivity contribution in [3.63, 3.8) is 0 Å². The van der Waals surface area contributed by atoms with Crippen molar-refractivity contribution in [1.29, 1.82) is 0 Å². The highest BCUT2D eigenvalue weighted by atomic mass is 32.2. The van der Waals surface area contributed by atoms with Crippen molar-refractivity contribution in [2.24, 2.45) is 11.8 Å². The number of hydrogen-bond donors (Lipinski definition) is 1. The maximum absolute atomic E-state index is 4.95. The van der Waals surface area contributed by atoms with Crippen molar-refractivity contribution >= 4 is 11.8 Å². The number of thioether (sulfide) groups is 1. The van der Waals surface area contributed by atoms with E-state index in [-0.39, 0.29) is 0 Å². The van der Waals surface area contributed by atoms with Crippen molar-refractivity contribution in [3.05, 3.63) is 0 Å². The lowest BCUT2D eigenvalue weighted by molar-refractivity contribution is 0.104. The molecule has 0 aromatic carbocycles. The summed E-state index contributed by atoms with van der Waals surface area (Å²) in [6, 6.07) is 0. The van der Waals surface area contributed by atoms with E-state index in [4.69, 9.17) is 5.90 Å². The lowest BCUT2D eigenvalue weighted by atomic mass is 10.1. The third kappa shape index (κ3) is 2.56. The van der Waals surface area contributed by atoms with E-state index in [0.29, 0.717) is 5.92 Å². The Morgan fingerprint density at radius 1 is 1.67 bits per heavy atom. The number of nitrogens with two attached hydrogens (primary N) is 1. The molecule has 0 saturated carbocycles. The molecule has 1 heterocycles. The summed E-state index contributed by atoms with van der Waals surface area (Å²) < 4.78 is 0. The molecule has 2 nitrogen and oxygen atoms in total. The zero-order valence-corrected chi connectivity index (χ0v) is 6.32. The Bertz CT molecular complexity index is 70.7. The first-order chi connectivity index (χ1) is 4.43. The third-order valence-electron chi connectivity index (χ3n) is 1.59. The van der Waals surface area contributed by atoms with Crippen LogP contribution in [-0.2, 0) is 4.84 Å². The van der Waals surface area contributed by atoms with Crippen LogP contribution in [0.2, 0.25) is 0 Å². The molecule has 0 aromatic rings. The molecule has 0 spiro atoms.